The monoisotopic (exact) mass is 223 g/mol. The fourth-order valence-electron chi connectivity index (χ4n) is 1.26. The molecule has 1 aromatic carbocycles. The van der Waals surface area contributed by atoms with Crippen LogP contribution in [0.2, 0.25) is 0 Å². The zero-order valence-corrected chi connectivity index (χ0v) is 8.25. The van der Waals surface area contributed by atoms with E-state index in [2.05, 4.69) is 11.3 Å². The van der Waals surface area contributed by atoms with E-state index in [1.54, 1.807) is 0 Å². The van der Waals surface area contributed by atoms with Crippen LogP contribution in [-0.2, 0) is 6.42 Å². The zero-order chi connectivity index (χ0) is 12.1. The van der Waals surface area contributed by atoms with Gasteiger partial charge in [-0.25, -0.2) is 4.79 Å². The van der Waals surface area contributed by atoms with Crippen molar-refractivity contribution in [1.29, 1.82) is 0 Å². The molecule has 0 aliphatic heterocycles. The predicted octanol–water partition coefficient (Wildman–Crippen LogP) is 2.38. The van der Waals surface area contributed by atoms with Crippen molar-refractivity contribution in [2.45, 2.75) is 6.42 Å². The summed E-state index contributed by atoms with van der Waals surface area (Å²) < 4.78 is 4.45. The average molecular weight is 223 g/mol. The lowest BCUT2D eigenvalue weighted by Gasteiger charge is -2.06. The molecule has 0 heterocycles. The summed E-state index contributed by atoms with van der Waals surface area (Å²) in [4.78, 5) is 20.5. The van der Waals surface area contributed by atoms with Crippen LogP contribution in [0.5, 0.6) is 5.75 Å². The van der Waals surface area contributed by atoms with Gasteiger partial charge < -0.3 is 9.84 Å². The van der Waals surface area contributed by atoms with Crippen molar-refractivity contribution in [2.24, 2.45) is 0 Å². The molecule has 0 aromatic heterocycles. The maximum absolute atomic E-state index is 10.7. The number of hydrogen-bond acceptors (Lipinski definition) is 4. The Morgan fingerprint density at radius 2 is 2.31 bits per heavy atom. The third-order valence-corrected chi connectivity index (χ3v) is 1.85. The smallest absolute Gasteiger partial charge is 0.449 e. The van der Waals surface area contributed by atoms with Crippen LogP contribution in [0.4, 0.5) is 10.5 Å². The molecule has 84 valence electrons. The van der Waals surface area contributed by atoms with Gasteiger partial charge in [0.25, 0.3) is 5.69 Å². The first-order valence-corrected chi connectivity index (χ1v) is 4.34. The second-order valence-corrected chi connectivity index (χ2v) is 2.87. The molecule has 1 aromatic rings. The number of hydrogen-bond donors (Lipinski definition) is 1. The predicted molar refractivity (Wildman–Crippen MR) is 55.7 cm³/mol. The van der Waals surface area contributed by atoms with Crippen LogP contribution in [0.15, 0.2) is 30.9 Å². The average Bonchev–Trinajstić information content (AvgIpc) is 2.19. The van der Waals surface area contributed by atoms with Crippen molar-refractivity contribution < 1.29 is 19.6 Å². The lowest BCUT2D eigenvalue weighted by Crippen LogP contribution is -2.06. The fraction of sp³-hybridized carbons (Fsp3) is 0.100. The number of allylic oxidation sites excluding steroid dienone is 1. The van der Waals surface area contributed by atoms with E-state index in [0.717, 1.165) is 0 Å². The lowest BCUT2D eigenvalue weighted by atomic mass is 10.1. The van der Waals surface area contributed by atoms with Crippen LogP contribution in [0.25, 0.3) is 0 Å². The standard InChI is InChI=1S/C10H9NO5/c1-2-4-7-8(11(14)15)5-3-6-9(7)16-10(12)13/h2-3,5-6H,1,4H2,(H,12,13). The summed E-state index contributed by atoms with van der Waals surface area (Å²) in [5, 5.41) is 19.2. The number of nitro groups is 1. The summed E-state index contributed by atoms with van der Waals surface area (Å²) in [7, 11) is 0. The largest absolute Gasteiger partial charge is 0.511 e. The van der Waals surface area contributed by atoms with Crippen LogP contribution in [0, 0.1) is 10.1 Å². The van der Waals surface area contributed by atoms with E-state index >= 15 is 0 Å². The first-order valence-electron chi connectivity index (χ1n) is 4.34. The number of rotatable bonds is 4. The van der Waals surface area contributed by atoms with Gasteiger partial charge in [-0.3, -0.25) is 10.1 Å². The minimum Gasteiger partial charge on any atom is -0.449 e. The topological polar surface area (TPSA) is 89.7 Å². The Balaban J connectivity index is 3.25. The molecule has 0 aliphatic rings. The number of nitro benzene ring substituents is 1. The van der Waals surface area contributed by atoms with E-state index < -0.39 is 11.1 Å². The van der Waals surface area contributed by atoms with Gasteiger partial charge in [0, 0.05) is 12.5 Å². The Labute approximate surface area is 90.9 Å². The molecule has 6 nitrogen and oxygen atoms in total. The maximum atomic E-state index is 10.7. The molecule has 0 aliphatic carbocycles. The molecular weight excluding hydrogens is 214 g/mol. The SMILES string of the molecule is C=CCc1c(OC(=O)O)cccc1[N+](=O)[O-]. The van der Waals surface area contributed by atoms with Crippen molar-refractivity contribution in [1.82, 2.24) is 0 Å². The van der Waals surface area contributed by atoms with Crippen LogP contribution in [0.3, 0.4) is 0 Å². The van der Waals surface area contributed by atoms with Gasteiger partial charge in [-0.1, -0.05) is 12.1 Å². The Hall–Kier alpha value is -2.37. The number of nitrogens with zero attached hydrogens (tertiary/aromatic N) is 1. The highest BCUT2D eigenvalue weighted by Gasteiger charge is 2.18. The van der Waals surface area contributed by atoms with E-state index in [1.165, 1.54) is 24.3 Å². The normalized spacial score (nSPS) is 9.50. The van der Waals surface area contributed by atoms with Crippen LogP contribution >= 0.6 is 0 Å². The van der Waals surface area contributed by atoms with E-state index in [4.69, 9.17) is 5.11 Å². The van der Waals surface area contributed by atoms with Gasteiger partial charge in [0.2, 0.25) is 0 Å². The molecule has 0 atom stereocenters. The third-order valence-electron chi connectivity index (χ3n) is 1.85. The third kappa shape index (κ3) is 2.57. The molecule has 0 spiro atoms. The Morgan fingerprint density at radius 3 is 2.81 bits per heavy atom. The zero-order valence-electron chi connectivity index (χ0n) is 8.25. The van der Waals surface area contributed by atoms with Gasteiger partial charge >= 0.3 is 6.16 Å². The molecule has 0 unspecified atom stereocenters. The summed E-state index contributed by atoms with van der Waals surface area (Å²) in [5.41, 5.74) is 0.0172. The lowest BCUT2D eigenvalue weighted by molar-refractivity contribution is -0.385. The second kappa shape index (κ2) is 4.92. The molecule has 0 saturated carbocycles. The van der Waals surface area contributed by atoms with E-state index in [-0.39, 0.29) is 23.4 Å². The Bertz CT molecular complexity index is 441. The first-order chi connectivity index (χ1) is 7.56. The van der Waals surface area contributed by atoms with Crippen molar-refractivity contribution >= 4 is 11.8 Å². The first kappa shape index (κ1) is 11.7. The number of carbonyl (C=O) groups is 1. The summed E-state index contributed by atoms with van der Waals surface area (Å²) in [6.45, 7) is 3.45. The summed E-state index contributed by atoms with van der Waals surface area (Å²) in [5.74, 6) is -0.0402. The van der Waals surface area contributed by atoms with Crippen molar-refractivity contribution in [3.8, 4) is 5.75 Å². The summed E-state index contributed by atoms with van der Waals surface area (Å²) in [6.07, 6.45) is 0.0994. The Morgan fingerprint density at radius 1 is 1.62 bits per heavy atom. The van der Waals surface area contributed by atoms with Gasteiger partial charge in [0.15, 0.2) is 0 Å². The maximum Gasteiger partial charge on any atom is 0.511 e. The van der Waals surface area contributed by atoms with E-state index in [1.807, 2.05) is 0 Å². The molecule has 0 bridgehead atoms. The Kier molecular flexibility index (Phi) is 3.60. The van der Waals surface area contributed by atoms with Crippen molar-refractivity contribution in [3.63, 3.8) is 0 Å². The van der Waals surface area contributed by atoms with Gasteiger partial charge in [-0.05, 0) is 6.07 Å². The number of carboxylic acid groups (broad SMARTS) is 1. The van der Waals surface area contributed by atoms with E-state index in [0.29, 0.717) is 0 Å². The van der Waals surface area contributed by atoms with Gasteiger partial charge in [-0.15, -0.1) is 6.58 Å². The quantitative estimate of drug-likeness (QED) is 0.278. The van der Waals surface area contributed by atoms with Crippen molar-refractivity contribution in [3.05, 3.63) is 46.5 Å². The number of benzene rings is 1. The minimum absolute atomic E-state index is 0.0402. The summed E-state index contributed by atoms with van der Waals surface area (Å²) in [6, 6.07) is 4.01. The second-order valence-electron chi connectivity index (χ2n) is 2.87. The van der Waals surface area contributed by atoms with E-state index in [9.17, 15) is 14.9 Å². The molecule has 1 rings (SSSR count). The molecule has 0 fully saturated rings. The van der Waals surface area contributed by atoms with Crippen molar-refractivity contribution in [2.75, 3.05) is 0 Å². The molecule has 0 radical (unpaired) electrons. The highest BCUT2D eigenvalue weighted by Crippen LogP contribution is 2.29. The fourth-order valence-corrected chi connectivity index (χ4v) is 1.26. The molecule has 0 amide bonds. The number of ether oxygens (including phenoxy) is 1. The molecular formula is C10H9NO5. The highest BCUT2D eigenvalue weighted by molar-refractivity contribution is 5.64. The van der Waals surface area contributed by atoms with Gasteiger partial charge in [0.05, 0.1) is 10.5 Å². The molecule has 0 saturated heterocycles. The molecule has 1 N–H and O–H groups in total. The van der Waals surface area contributed by atoms with Gasteiger partial charge in [0.1, 0.15) is 5.75 Å². The molecule has 16 heavy (non-hydrogen) atoms. The van der Waals surface area contributed by atoms with Crippen LogP contribution < -0.4 is 4.74 Å². The van der Waals surface area contributed by atoms with Gasteiger partial charge in [-0.2, -0.15) is 0 Å². The summed E-state index contributed by atoms with van der Waals surface area (Å²) >= 11 is 0. The van der Waals surface area contributed by atoms with Crippen LogP contribution in [0.1, 0.15) is 5.56 Å². The highest BCUT2D eigenvalue weighted by atomic mass is 16.7. The van der Waals surface area contributed by atoms with Crippen LogP contribution in [-0.4, -0.2) is 16.2 Å². The minimum atomic E-state index is -1.51. The molecule has 6 heteroatoms.